The molecule has 1 amide bonds. The van der Waals surface area contributed by atoms with E-state index in [0.717, 1.165) is 0 Å². The lowest BCUT2D eigenvalue weighted by molar-refractivity contribution is -0.181. The Kier molecular flexibility index (Phi) is 3.27. The molecule has 1 aromatic carbocycles. The first kappa shape index (κ1) is 13.2. The van der Waals surface area contributed by atoms with Crippen molar-refractivity contribution in [3.63, 3.8) is 0 Å². The van der Waals surface area contributed by atoms with Crippen LogP contribution < -0.4 is 0 Å². The number of nitrogens with zero attached hydrogens (tertiary/aromatic N) is 1. The van der Waals surface area contributed by atoms with Crippen molar-refractivity contribution in [3.05, 3.63) is 23.8 Å². The highest BCUT2D eigenvalue weighted by Crippen LogP contribution is 2.34. The van der Waals surface area contributed by atoms with E-state index in [1.54, 1.807) is 4.90 Å². The van der Waals surface area contributed by atoms with Crippen molar-refractivity contribution in [3.8, 4) is 11.5 Å². The van der Waals surface area contributed by atoms with Gasteiger partial charge in [-0.1, -0.05) is 6.07 Å². The highest BCUT2D eigenvalue weighted by Gasteiger charge is 2.41. The molecular weight excluding hydrogens is 262 g/mol. The van der Waals surface area contributed by atoms with E-state index in [1.807, 2.05) is 0 Å². The summed E-state index contributed by atoms with van der Waals surface area (Å²) in [4.78, 5) is 14.0. The number of amides is 1. The van der Waals surface area contributed by atoms with E-state index in [0.29, 0.717) is 39.1 Å². The van der Waals surface area contributed by atoms with Crippen LogP contribution in [0.2, 0.25) is 0 Å². The van der Waals surface area contributed by atoms with Crippen LogP contribution in [0.5, 0.6) is 11.5 Å². The second kappa shape index (κ2) is 4.96. The van der Waals surface area contributed by atoms with E-state index in [1.165, 1.54) is 18.2 Å². The molecule has 2 aliphatic rings. The standard InChI is InChI=1S/C14H17NO5/c16-10-2-1-3-11(17)12(10)13(18)15-6-4-14(5-7-15)19-8-9-20-14/h1-3,16-17H,4-9H2. The average molecular weight is 279 g/mol. The van der Waals surface area contributed by atoms with Gasteiger partial charge in [0.2, 0.25) is 0 Å². The van der Waals surface area contributed by atoms with Gasteiger partial charge in [0.15, 0.2) is 5.79 Å². The average Bonchev–Trinajstić information content (AvgIpc) is 2.87. The topological polar surface area (TPSA) is 79.2 Å². The summed E-state index contributed by atoms with van der Waals surface area (Å²) in [6, 6.07) is 4.27. The van der Waals surface area contributed by atoms with Gasteiger partial charge in [-0.05, 0) is 12.1 Å². The summed E-state index contributed by atoms with van der Waals surface area (Å²) in [5, 5.41) is 19.5. The van der Waals surface area contributed by atoms with Crippen molar-refractivity contribution in [2.45, 2.75) is 18.6 Å². The maximum atomic E-state index is 12.4. The predicted molar refractivity (Wildman–Crippen MR) is 69.5 cm³/mol. The molecule has 0 radical (unpaired) electrons. The van der Waals surface area contributed by atoms with E-state index in [2.05, 4.69) is 0 Å². The summed E-state index contributed by atoms with van der Waals surface area (Å²) >= 11 is 0. The summed E-state index contributed by atoms with van der Waals surface area (Å²) in [5.74, 6) is -1.32. The largest absolute Gasteiger partial charge is 0.507 e. The molecule has 20 heavy (non-hydrogen) atoms. The molecule has 0 unspecified atom stereocenters. The quantitative estimate of drug-likeness (QED) is 0.804. The van der Waals surface area contributed by atoms with Gasteiger partial charge in [0.05, 0.1) is 13.2 Å². The lowest BCUT2D eigenvalue weighted by atomic mass is 10.0. The molecule has 1 aromatic rings. The van der Waals surface area contributed by atoms with Gasteiger partial charge in [-0.25, -0.2) is 0 Å². The number of benzene rings is 1. The molecule has 2 aliphatic heterocycles. The van der Waals surface area contributed by atoms with Crippen molar-refractivity contribution in [2.24, 2.45) is 0 Å². The van der Waals surface area contributed by atoms with Gasteiger partial charge in [-0.2, -0.15) is 0 Å². The first-order valence-electron chi connectivity index (χ1n) is 6.69. The number of rotatable bonds is 1. The number of hydrogen-bond acceptors (Lipinski definition) is 5. The summed E-state index contributed by atoms with van der Waals surface area (Å²) < 4.78 is 11.2. The van der Waals surface area contributed by atoms with Crippen LogP contribution in [0.25, 0.3) is 0 Å². The van der Waals surface area contributed by atoms with Gasteiger partial charge in [0.25, 0.3) is 5.91 Å². The van der Waals surface area contributed by atoms with Crippen LogP contribution in [0.1, 0.15) is 23.2 Å². The van der Waals surface area contributed by atoms with Gasteiger partial charge in [-0.15, -0.1) is 0 Å². The van der Waals surface area contributed by atoms with E-state index < -0.39 is 5.79 Å². The zero-order valence-electron chi connectivity index (χ0n) is 11.0. The van der Waals surface area contributed by atoms with Gasteiger partial charge in [-0.3, -0.25) is 4.79 Å². The monoisotopic (exact) mass is 279 g/mol. The lowest BCUT2D eigenvalue weighted by Crippen LogP contribution is -2.47. The molecule has 6 nitrogen and oxygen atoms in total. The Morgan fingerprint density at radius 3 is 2.20 bits per heavy atom. The molecule has 0 aliphatic carbocycles. The summed E-state index contributed by atoms with van der Waals surface area (Å²) in [6.45, 7) is 2.14. The summed E-state index contributed by atoms with van der Waals surface area (Å²) in [6.07, 6.45) is 1.21. The number of ether oxygens (including phenoxy) is 2. The lowest BCUT2D eigenvalue weighted by Gasteiger charge is -2.37. The fraction of sp³-hybridized carbons (Fsp3) is 0.500. The zero-order valence-corrected chi connectivity index (χ0v) is 11.0. The Balaban J connectivity index is 1.73. The third-order valence-electron chi connectivity index (χ3n) is 3.86. The second-order valence-corrected chi connectivity index (χ2v) is 5.07. The molecule has 2 heterocycles. The molecule has 0 atom stereocenters. The normalized spacial score (nSPS) is 21.3. The maximum absolute atomic E-state index is 12.4. The highest BCUT2D eigenvalue weighted by atomic mass is 16.7. The minimum absolute atomic E-state index is 0.0447. The molecule has 0 bridgehead atoms. The summed E-state index contributed by atoms with van der Waals surface area (Å²) in [7, 11) is 0. The number of piperidine rings is 1. The van der Waals surface area contributed by atoms with Crippen molar-refractivity contribution in [1.82, 2.24) is 4.90 Å². The summed E-state index contributed by atoms with van der Waals surface area (Å²) in [5.41, 5.74) is -0.0447. The third-order valence-corrected chi connectivity index (χ3v) is 3.86. The Labute approximate surface area is 116 Å². The number of aromatic hydroxyl groups is 2. The van der Waals surface area contributed by atoms with Crippen molar-refractivity contribution < 1.29 is 24.5 Å². The highest BCUT2D eigenvalue weighted by molar-refractivity contribution is 5.99. The molecule has 0 saturated carbocycles. The maximum Gasteiger partial charge on any atom is 0.261 e. The van der Waals surface area contributed by atoms with Gasteiger partial charge >= 0.3 is 0 Å². The molecule has 2 saturated heterocycles. The van der Waals surface area contributed by atoms with Crippen LogP contribution in [0.15, 0.2) is 18.2 Å². The van der Waals surface area contributed by atoms with Crippen molar-refractivity contribution in [1.29, 1.82) is 0 Å². The number of carbonyl (C=O) groups excluding carboxylic acids is 1. The van der Waals surface area contributed by atoms with Gasteiger partial charge in [0.1, 0.15) is 17.1 Å². The van der Waals surface area contributed by atoms with E-state index >= 15 is 0 Å². The molecule has 6 heteroatoms. The second-order valence-electron chi connectivity index (χ2n) is 5.07. The molecule has 3 rings (SSSR count). The van der Waals surface area contributed by atoms with Crippen LogP contribution in [0, 0.1) is 0 Å². The van der Waals surface area contributed by atoms with Crippen LogP contribution >= 0.6 is 0 Å². The smallest absolute Gasteiger partial charge is 0.261 e. The SMILES string of the molecule is O=C(c1c(O)cccc1O)N1CCC2(CC1)OCCO2. The van der Waals surface area contributed by atoms with Crippen LogP contribution in [0.3, 0.4) is 0 Å². The zero-order chi connectivity index (χ0) is 14.2. The first-order valence-corrected chi connectivity index (χ1v) is 6.69. The van der Waals surface area contributed by atoms with Gasteiger partial charge in [0, 0.05) is 25.9 Å². The fourth-order valence-electron chi connectivity index (χ4n) is 2.74. The van der Waals surface area contributed by atoms with Crippen LogP contribution in [-0.4, -0.2) is 53.1 Å². The molecule has 2 N–H and O–H groups in total. The number of phenolic OH excluding ortho intramolecular Hbond substituents is 2. The van der Waals surface area contributed by atoms with Crippen LogP contribution in [-0.2, 0) is 9.47 Å². The van der Waals surface area contributed by atoms with E-state index in [9.17, 15) is 15.0 Å². The van der Waals surface area contributed by atoms with Gasteiger partial charge < -0.3 is 24.6 Å². The number of phenols is 2. The first-order chi connectivity index (χ1) is 9.61. The molecule has 108 valence electrons. The Hall–Kier alpha value is -1.79. The predicted octanol–water partition coefficient (Wildman–Crippen LogP) is 1.08. The molecule has 1 spiro atoms. The minimum atomic E-state index is -0.544. The third kappa shape index (κ3) is 2.21. The molecule has 2 fully saturated rings. The fourth-order valence-corrected chi connectivity index (χ4v) is 2.74. The minimum Gasteiger partial charge on any atom is -0.507 e. The van der Waals surface area contributed by atoms with Crippen LogP contribution in [0.4, 0.5) is 0 Å². The Morgan fingerprint density at radius 2 is 1.65 bits per heavy atom. The van der Waals surface area contributed by atoms with E-state index in [-0.39, 0.29) is 23.0 Å². The molecule has 0 aromatic heterocycles. The Morgan fingerprint density at radius 1 is 1.10 bits per heavy atom. The van der Waals surface area contributed by atoms with Crippen molar-refractivity contribution >= 4 is 5.91 Å². The van der Waals surface area contributed by atoms with E-state index in [4.69, 9.17) is 9.47 Å². The Bertz CT molecular complexity index is 494. The number of likely N-dealkylation sites (tertiary alicyclic amines) is 1. The number of hydrogen-bond donors (Lipinski definition) is 2. The molecular formula is C14H17NO5. The number of carbonyl (C=O) groups is 1. The van der Waals surface area contributed by atoms with Crippen molar-refractivity contribution in [2.75, 3.05) is 26.3 Å².